The van der Waals surface area contributed by atoms with Crippen molar-refractivity contribution in [1.29, 1.82) is 0 Å². The summed E-state index contributed by atoms with van der Waals surface area (Å²) in [4.78, 5) is 12.6. The number of fused-ring (bicyclic) bond motifs is 1. The van der Waals surface area contributed by atoms with Crippen LogP contribution in [-0.2, 0) is 17.6 Å². The molecule has 0 radical (unpaired) electrons. The summed E-state index contributed by atoms with van der Waals surface area (Å²) >= 11 is 5.01. The first-order chi connectivity index (χ1) is 9.63. The minimum absolute atomic E-state index is 0.0710. The average molecular weight is 290 g/mol. The number of anilines is 1. The summed E-state index contributed by atoms with van der Waals surface area (Å²) in [7, 11) is 0. The summed E-state index contributed by atoms with van der Waals surface area (Å²) in [6.07, 6.45) is 6.16. The van der Waals surface area contributed by atoms with E-state index in [9.17, 15) is 4.79 Å². The molecule has 3 nitrogen and oxygen atoms in total. The molecule has 0 saturated heterocycles. The molecule has 1 aromatic rings. The van der Waals surface area contributed by atoms with Gasteiger partial charge in [0.15, 0.2) is 0 Å². The fourth-order valence-corrected chi connectivity index (χ4v) is 3.03. The number of benzene rings is 1. The summed E-state index contributed by atoms with van der Waals surface area (Å²) in [5.74, 6) is -0.437. The van der Waals surface area contributed by atoms with E-state index >= 15 is 0 Å². The number of nitrogens with two attached hydrogens (primary N) is 1. The summed E-state index contributed by atoms with van der Waals surface area (Å²) in [6, 6.07) is 6.14. The normalized spacial score (nSPS) is 15.2. The van der Waals surface area contributed by atoms with Crippen molar-refractivity contribution >= 4 is 28.8 Å². The van der Waals surface area contributed by atoms with E-state index < -0.39 is 0 Å². The van der Waals surface area contributed by atoms with Crippen LogP contribution in [0.3, 0.4) is 0 Å². The molecule has 4 heteroatoms. The fourth-order valence-electron chi connectivity index (χ4n) is 2.81. The van der Waals surface area contributed by atoms with Gasteiger partial charge in [-0.25, -0.2) is 0 Å². The Balaban J connectivity index is 2.17. The van der Waals surface area contributed by atoms with E-state index in [1.54, 1.807) is 0 Å². The zero-order valence-corrected chi connectivity index (χ0v) is 12.8. The Morgan fingerprint density at radius 1 is 1.40 bits per heavy atom. The number of hydrogen-bond acceptors (Lipinski definition) is 2. The number of carbonyl (C=O) groups is 1. The Bertz CT molecular complexity index is 513. The third-order valence-electron chi connectivity index (χ3n) is 3.89. The molecule has 1 unspecified atom stereocenters. The van der Waals surface area contributed by atoms with Crippen LogP contribution in [0.4, 0.5) is 5.69 Å². The van der Waals surface area contributed by atoms with Crippen molar-refractivity contribution in [3.63, 3.8) is 0 Å². The van der Waals surface area contributed by atoms with Gasteiger partial charge < -0.3 is 11.1 Å². The first-order valence-electron chi connectivity index (χ1n) is 7.34. The zero-order valence-electron chi connectivity index (χ0n) is 11.9. The van der Waals surface area contributed by atoms with Crippen molar-refractivity contribution < 1.29 is 4.79 Å². The van der Waals surface area contributed by atoms with Gasteiger partial charge >= 0.3 is 0 Å². The fraction of sp³-hybridized carbons (Fsp3) is 0.500. The molecule has 1 aliphatic rings. The van der Waals surface area contributed by atoms with E-state index in [1.165, 1.54) is 24.0 Å². The Morgan fingerprint density at radius 3 is 2.85 bits per heavy atom. The molecule has 0 saturated carbocycles. The quantitative estimate of drug-likeness (QED) is 0.819. The topological polar surface area (TPSA) is 55.1 Å². The van der Waals surface area contributed by atoms with E-state index in [1.807, 2.05) is 19.1 Å². The van der Waals surface area contributed by atoms with E-state index in [-0.39, 0.29) is 16.8 Å². The number of carbonyl (C=O) groups excluding carboxylic acids is 1. The first-order valence-corrected chi connectivity index (χ1v) is 7.75. The Labute approximate surface area is 125 Å². The average Bonchev–Trinajstić information content (AvgIpc) is 2.44. The van der Waals surface area contributed by atoms with Gasteiger partial charge in [0.2, 0.25) is 5.91 Å². The largest absolute Gasteiger partial charge is 0.393 e. The smallest absolute Gasteiger partial charge is 0.234 e. The maximum absolute atomic E-state index is 12.4. The molecule has 1 aromatic carbocycles. The molecule has 2 rings (SSSR count). The molecule has 108 valence electrons. The Hall–Kier alpha value is -1.42. The first kappa shape index (κ1) is 15.0. The lowest BCUT2D eigenvalue weighted by atomic mass is 9.90. The summed E-state index contributed by atoms with van der Waals surface area (Å²) in [5.41, 5.74) is 9.26. The van der Waals surface area contributed by atoms with Gasteiger partial charge in [-0.1, -0.05) is 37.7 Å². The molecule has 0 aliphatic heterocycles. The predicted molar refractivity (Wildman–Crippen MR) is 86.9 cm³/mol. The number of thiocarbonyl (C=S) groups is 1. The zero-order chi connectivity index (χ0) is 14.5. The number of rotatable bonds is 5. The molecular formula is C16H22N2OS. The number of nitrogens with one attached hydrogen (secondary N) is 1. The minimum Gasteiger partial charge on any atom is -0.393 e. The molecule has 0 spiro atoms. The molecule has 0 heterocycles. The van der Waals surface area contributed by atoms with Crippen molar-refractivity contribution in [1.82, 2.24) is 0 Å². The van der Waals surface area contributed by atoms with Gasteiger partial charge in [-0.15, -0.1) is 0 Å². The van der Waals surface area contributed by atoms with Gasteiger partial charge in [-0.05, 0) is 49.3 Å². The molecule has 1 atom stereocenters. The van der Waals surface area contributed by atoms with Crippen LogP contribution in [-0.4, -0.2) is 10.9 Å². The highest BCUT2D eigenvalue weighted by Gasteiger charge is 2.22. The van der Waals surface area contributed by atoms with Crippen LogP contribution in [0.15, 0.2) is 18.2 Å². The van der Waals surface area contributed by atoms with Gasteiger partial charge in [-0.3, -0.25) is 4.79 Å². The maximum atomic E-state index is 12.4. The second-order valence-corrected chi connectivity index (χ2v) is 5.85. The SMILES string of the molecule is CCCC(C(=O)Nc1cccc2c1CCCC2)C(N)=S. The predicted octanol–water partition coefficient (Wildman–Crippen LogP) is 3.21. The monoisotopic (exact) mass is 290 g/mol. The van der Waals surface area contributed by atoms with Crippen molar-refractivity contribution in [3.8, 4) is 0 Å². The Morgan fingerprint density at radius 2 is 2.15 bits per heavy atom. The van der Waals surface area contributed by atoms with Crippen LogP contribution in [0.5, 0.6) is 0 Å². The van der Waals surface area contributed by atoms with Gasteiger partial charge in [0.25, 0.3) is 0 Å². The van der Waals surface area contributed by atoms with E-state index in [0.717, 1.165) is 24.9 Å². The molecule has 1 aliphatic carbocycles. The highest BCUT2D eigenvalue weighted by molar-refractivity contribution is 7.80. The lowest BCUT2D eigenvalue weighted by Crippen LogP contribution is -2.33. The van der Waals surface area contributed by atoms with Crippen molar-refractivity contribution in [2.75, 3.05) is 5.32 Å². The lowest BCUT2D eigenvalue weighted by molar-refractivity contribution is -0.118. The molecular weight excluding hydrogens is 268 g/mol. The van der Waals surface area contributed by atoms with Crippen LogP contribution in [0.2, 0.25) is 0 Å². The van der Waals surface area contributed by atoms with Crippen LogP contribution in [0.1, 0.15) is 43.7 Å². The second kappa shape index (κ2) is 6.84. The van der Waals surface area contributed by atoms with Gasteiger partial charge in [-0.2, -0.15) is 0 Å². The lowest BCUT2D eigenvalue weighted by Gasteiger charge is -2.21. The van der Waals surface area contributed by atoms with Crippen LogP contribution >= 0.6 is 12.2 Å². The number of amides is 1. The Kier molecular flexibility index (Phi) is 5.12. The van der Waals surface area contributed by atoms with Crippen molar-refractivity contribution in [2.45, 2.75) is 45.4 Å². The van der Waals surface area contributed by atoms with Crippen LogP contribution in [0, 0.1) is 5.92 Å². The van der Waals surface area contributed by atoms with Crippen molar-refractivity contribution in [3.05, 3.63) is 29.3 Å². The van der Waals surface area contributed by atoms with Gasteiger partial charge in [0.1, 0.15) is 0 Å². The second-order valence-electron chi connectivity index (χ2n) is 5.38. The molecule has 0 fully saturated rings. The van der Waals surface area contributed by atoms with E-state index in [4.69, 9.17) is 18.0 Å². The van der Waals surface area contributed by atoms with Gasteiger partial charge in [0.05, 0.1) is 10.9 Å². The van der Waals surface area contributed by atoms with E-state index in [2.05, 4.69) is 11.4 Å². The standard InChI is InChI=1S/C16H22N2OS/c1-2-6-13(15(17)20)16(19)18-14-10-5-8-11-7-3-4-9-12(11)14/h5,8,10,13H,2-4,6-7,9H2,1H3,(H2,17,20)(H,18,19). The molecule has 1 amide bonds. The third kappa shape index (κ3) is 3.37. The highest BCUT2D eigenvalue weighted by Crippen LogP contribution is 2.28. The van der Waals surface area contributed by atoms with Gasteiger partial charge in [0, 0.05) is 5.69 Å². The number of hydrogen-bond donors (Lipinski definition) is 2. The summed E-state index contributed by atoms with van der Waals surface area (Å²) in [5, 5.41) is 3.03. The van der Waals surface area contributed by atoms with Crippen LogP contribution in [0.25, 0.3) is 0 Å². The van der Waals surface area contributed by atoms with E-state index in [0.29, 0.717) is 6.42 Å². The van der Waals surface area contributed by atoms with Crippen LogP contribution < -0.4 is 11.1 Å². The number of aryl methyl sites for hydroxylation is 1. The minimum atomic E-state index is -0.366. The molecule has 0 bridgehead atoms. The molecule has 20 heavy (non-hydrogen) atoms. The van der Waals surface area contributed by atoms with Crippen molar-refractivity contribution in [2.24, 2.45) is 11.7 Å². The maximum Gasteiger partial charge on any atom is 0.234 e. The highest BCUT2D eigenvalue weighted by atomic mass is 32.1. The third-order valence-corrected chi connectivity index (χ3v) is 4.18. The summed E-state index contributed by atoms with van der Waals surface area (Å²) in [6.45, 7) is 2.03. The molecule has 3 N–H and O–H groups in total. The molecule has 0 aromatic heterocycles. The summed E-state index contributed by atoms with van der Waals surface area (Å²) < 4.78 is 0.